The lowest BCUT2D eigenvalue weighted by Gasteiger charge is -2.41. The number of aliphatic hydroxyl groups is 1. The van der Waals surface area contributed by atoms with Gasteiger partial charge in [0, 0.05) is 17.3 Å². The fourth-order valence-corrected chi connectivity index (χ4v) is 7.86. The maximum Gasteiger partial charge on any atom is 0.255 e. The zero-order valence-electron chi connectivity index (χ0n) is 17.4. The van der Waals surface area contributed by atoms with E-state index in [1.165, 1.54) is 24.3 Å². The van der Waals surface area contributed by atoms with Crippen molar-refractivity contribution in [3.63, 3.8) is 0 Å². The molecule has 33 heavy (non-hydrogen) atoms. The Morgan fingerprint density at radius 1 is 1.09 bits per heavy atom. The molecule has 2 saturated carbocycles. The molecule has 0 spiro atoms. The molecule has 1 heterocycles. The molecule has 2 N–H and O–H groups in total. The molecule has 1 aliphatic heterocycles. The normalized spacial score (nSPS) is 30.8. The average Bonchev–Trinajstić information content (AvgIpc) is 3.60. The lowest BCUT2D eigenvalue weighted by molar-refractivity contribution is -0.0779. The predicted octanol–water partition coefficient (Wildman–Crippen LogP) is 3.96. The van der Waals surface area contributed by atoms with Gasteiger partial charge >= 0.3 is 0 Å². The number of hydrogen-bond donors (Lipinski definition) is 2. The van der Waals surface area contributed by atoms with E-state index in [1.54, 1.807) is 0 Å². The zero-order chi connectivity index (χ0) is 23.5. The van der Waals surface area contributed by atoms with Crippen molar-refractivity contribution in [3.8, 4) is 0 Å². The number of carbonyl (C=O) groups excluding carboxylic acids is 1. The van der Waals surface area contributed by atoms with Crippen molar-refractivity contribution >= 4 is 33.0 Å². The molecule has 4 unspecified atom stereocenters. The van der Waals surface area contributed by atoms with Gasteiger partial charge in [-0.3, -0.25) is 4.79 Å². The summed E-state index contributed by atoms with van der Waals surface area (Å²) in [4.78, 5) is 12.5. The molecule has 3 aliphatic rings. The van der Waals surface area contributed by atoms with Gasteiger partial charge in [0.1, 0.15) is 6.10 Å². The summed E-state index contributed by atoms with van der Waals surface area (Å²) in [6.07, 6.45) is 1.88. The highest BCUT2D eigenvalue weighted by Crippen LogP contribution is 2.56. The Kier molecular flexibility index (Phi) is 5.51. The third kappa shape index (κ3) is 3.84. The standard InChI is InChI=1S/C23H22ClF2NO5S/c24-17-5-1-12(22(28)27-15-4-6-18(25)19(26)10-15)7-20(17)33(30,31)16-8-13-2-3-14(9-16)23(13,29)21-11-32-21/h1,4-7,10,13-14,16,21,29H,2-3,8-9,11H2,(H,27,28)/t13-,14?,16?,21?,23?/m0/s1. The third-order valence-electron chi connectivity index (χ3n) is 7.23. The van der Waals surface area contributed by atoms with Crippen LogP contribution in [0.3, 0.4) is 0 Å². The number of rotatable bonds is 5. The van der Waals surface area contributed by atoms with Crippen LogP contribution in [0, 0.1) is 23.5 Å². The van der Waals surface area contributed by atoms with E-state index in [0.717, 1.165) is 25.0 Å². The van der Waals surface area contributed by atoms with Gasteiger partial charge in [0.25, 0.3) is 5.91 Å². The Morgan fingerprint density at radius 2 is 1.76 bits per heavy atom. The van der Waals surface area contributed by atoms with E-state index in [-0.39, 0.29) is 39.1 Å². The molecule has 10 heteroatoms. The number of epoxide rings is 1. The summed E-state index contributed by atoms with van der Waals surface area (Å²) in [5.74, 6) is -3.17. The molecule has 0 radical (unpaired) electrons. The van der Waals surface area contributed by atoms with E-state index >= 15 is 0 Å². The first-order valence-corrected chi connectivity index (χ1v) is 12.7. The lowest BCUT2D eigenvalue weighted by Crippen LogP contribution is -2.51. The van der Waals surface area contributed by atoms with Crippen molar-refractivity contribution in [2.75, 3.05) is 11.9 Å². The molecular weight excluding hydrogens is 476 g/mol. The number of ether oxygens (including phenoxy) is 1. The minimum atomic E-state index is -3.89. The molecule has 1 saturated heterocycles. The summed E-state index contributed by atoms with van der Waals surface area (Å²) in [5.41, 5.74) is -0.921. The van der Waals surface area contributed by atoms with Crippen LogP contribution in [0.4, 0.5) is 14.5 Å². The number of benzene rings is 2. The van der Waals surface area contributed by atoms with E-state index in [1.807, 2.05) is 0 Å². The van der Waals surface area contributed by atoms with Gasteiger partial charge < -0.3 is 15.2 Å². The maximum absolute atomic E-state index is 13.5. The van der Waals surface area contributed by atoms with Gasteiger partial charge in [-0.25, -0.2) is 17.2 Å². The Morgan fingerprint density at radius 3 is 2.36 bits per heavy atom. The van der Waals surface area contributed by atoms with Crippen LogP contribution in [0.2, 0.25) is 5.02 Å². The lowest BCUT2D eigenvalue weighted by atomic mass is 9.72. The summed E-state index contributed by atoms with van der Waals surface area (Å²) >= 11 is 6.24. The molecule has 5 rings (SSSR count). The van der Waals surface area contributed by atoms with Crippen LogP contribution in [0.15, 0.2) is 41.3 Å². The summed E-state index contributed by atoms with van der Waals surface area (Å²) in [6.45, 7) is 0.502. The molecule has 2 aromatic rings. The van der Waals surface area contributed by atoms with Gasteiger partial charge in [-0.1, -0.05) is 11.6 Å². The van der Waals surface area contributed by atoms with Crippen molar-refractivity contribution in [2.24, 2.45) is 11.8 Å². The second kappa shape index (κ2) is 8.01. The molecule has 0 aromatic heterocycles. The van der Waals surface area contributed by atoms with Gasteiger partial charge in [0.2, 0.25) is 0 Å². The third-order valence-corrected chi connectivity index (χ3v) is 9.89. The molecule has 176 valence electrons. The second-order valence-corrected chi connectivity index (χ2v) is 11.7. The van der Waals surface area contributed by atoms with Crippen LogP contribution in [0.25, 0.3) is 0 Å². The quantitative estimate of drug-likeness (QED) is 0.609. The number of nitrogens with one attached hydrogen (secondary N) is 1. The first kappa shape index (κ1) is 22.7. The number of anilines is 1. The number of fused-ring (bicyclic) bond motifs is 2. The Hall–Kier alpha value is -2.07. The van der Waals surface area contributed by atoms with Crippen molar-refractivity contribution in [1.29, 1.82) is 0 Å². The van der Waals surface area contributed by atoms with Crippen molar-refractivity contribution in [1.82, 2.24) is 0 Å². The summed E-state index contributed by atoms with van der Waals surface area (Å²) in [5, 5.41) is 12.9. The minimum absolute atomic E-state index is 0.00177. The van der Waals surface area contributed by atoms with Crippen molar-refractivity contribution < 1.29 is 31.8 Å². The van der Waals surface area contributed by atoms with Crippen LogP contribution >= 0.6 is 11.6 Å². The van der Waals surface area contributed by atoms with Crippen LogP contribution in [0.5, 0.6) is 0 Å². The predicted molar refractivity (Wildman–Crippen MR) is 117 cm³/mol. The Balaban J connectivity index is 1.39. The number of carbonyl (C=O) groups is 1. The molecule has 6 nitrogen and oxygen atoms in total. The fraction of sp³-hybridized carbons (Fsp3) is 0.435. The van der Waals surface area contributed by atoms with Crippen LogP contribution in [0.1, 0.15) is 36.0 Å². The van der Waals surface area contributed by atoms with Crippen LogP contribution < -0.4 is 5.32 Å². The highest BCUT2D eigenvalue weighted by molar-refractivity contribution is 7.92. The van der Waals surface area contributed by atoms with E-state index in [0.29, 0.717) is 19.4 Å². The SMILES string of the molecule is O=C(Nc1ccc(F)c(F)c1)c1ccc(Cl)c(S(=O)(=O)C2CC3CC[C@@H](C2)C3(O)C2CO2)c1. The fourth-order valence-electron chi connectivity index (χ4n) is 5.46. The van der Waals surface area contributed by atoms with Crippen LogP contribution in [-0.2, 0) is 14.6 Å². The smallest absolute Gasteiger partial charge is 0.255 e. The van der Waals surface area contributed by atoms with Gasteiger partial charge in [-0.05, 0) is 67.9 Å². The zero-order valence-corrected chi connectivity index (χ0v) is 19.0. The van der Waals surface area contributed by atoms with Crippen molar-refractivity contribution in [3.05, 3.63) is 58.6 Å². The average molecular weight is 498 g/mol. The molecule has 2 aliphatic carbocycles. The molecule has 3 fully saturated rings. The van der Waals surface area contributed by atoms with E-state index in [9.17, 15) is 27.1 Å². The largest absolute Gasteiger partial charge is 0.387 e. The highest BCUT2D eigenvalue weighted by Gasteiger charge is 2.62. The van der Waals surface area contributed by atoms with Gasteiger partial charge in [0.15, 0.2) is 21.5 Å². The van der Waals surface area contributed by atoms with Gasteiger partial charge in [0.05, 0.1) is 27.4 Å². The monoisotopic (exact) mass is 497 g/mol. The summed E-state index contributed by atoms with van der Waals surface area (Å²) < 4.78 is 59.0. The van der Waals surface area contributed by atoms with Gasteiger partial charge in [-0.2, -0.15) is 0 Å². The van der Waals surface area contributed by atoms with Crippen LogP contribution in [-0.4, -0.2) is 43.0 Å². The summed E-state index contributed by atoms with van der Waals surface area (Å²) in [6, 6.07) is 6.83. The van der Waals surface area contributed by atoms with E-state index in [4.69, 9.17) is 16.3 Å². The van der Waals surface area contributed by atoms with E-state index in [2.05, 4.69) is 5.32 Å². The first-order valence-electron chi connectivity index (χ1n) is 10.7. The molecular formula is C23H22ClF2NO5S. The molecule has 5 atom stereocenters. The Bertz CT molecular complexity index is 1220. The van der Waals surface area contributed by atoms with Gasteiger partial charge in [-0.15, -0.1) is 0 Å². The highest BCUT2D eigenvalue weighted by atomic mass is 35.5. The number of sulfone groups is 1. The Labute approximate surface area is 194 Å². The maximum atomic E-state index is 13.5. The number of amides is 1. The van der Waals surface area contributed by atoms with E-state index < -0.39 is 38.2 Å². The molecule has 1 amide bonds. The minimum Gasteiger partial charge on any atom is -0.387 e. The molecule has 2 aromatic carbocycles. The second-order valence-electron chi connectivity index (χ2n) is 9.05. The number of hydrogen-bond acceptors (Lipinski definition) is 5. The topological polar surface area (TPSA) is 96.0 Å². The van der Waals surface area contributed by atoms with Crippen molar-refractivity contribution in [2.45, 2.75) is 47.5 Å². The summed E-state index contributed by atoms with van der Waals surface area (Å²) in [7, 11) is -3.89. The number of halogens is 3. The first-order chi connectivity index (χ1) is 15.6. The molecule has 2 bridgehead atoms.